The van der Waals surface area contributed by atoms with Crippen LogP contribution in [0, 0.1) is 0 Å². The van der Waals surface area contributed by atoms with Gasteiger partial charge >= 0.3 is 0 Å². The number of rotatable bonds is 8. The minimum atomic E-state index is -0.574. The molecule has 2 aromatic rings. The Labute approximate surface area is 183 Å². The van der Waals surface area contributed by atoms with Crippen LogP contribution < -0.4 is 10.1 Å². The fourth-order valence-electron chi connectivity index (χ4n) is 3.83. The maximum atomic E-state index is 13.2. The summed E-state index contributed by atoms with van der Waals surface area (Å²) in [6.45, 7) is 2.12. The van der Waals surface area contributed by atoms with E-state index in [9.17, 15) is 9.59 Å². The van der Waals surface area contributed by atoms with Crippen molar-refractivity contribution in [3.63, 3.8) is 0 Å². The molecule has 0 unspecified atom stereocenters. The molecule has 1 N–H and O–H groups in total. The van der Waals surface area contributed by atoms with E-state index in [1.165, 1.54) is 0 Å². The third kappa shape index (κ3) is 5.99. The molecule has 30 heavy (non-hydrogen) atoms. The molecule has 3 rings (SSSR count). The van der Waals surface area contributed by atoms with E-state index in [1.54, 1.807) is 25.0 Å². The van der Waals surface area contributed by atoms with Crippen molar-refractivity contribution in [2.24, 2.45) is 0 Å². The molecule has 2 aromatic carbocycles. The highest BCUT2D eigenvalue weighted by molar-refractivity contribution is 6.30. The number of carbonyl (C=O) groups excluding carboxylic acids is 2. The van der Waals surface area contributed by atoms with Crippen LogP contribution in [0.2, 0.25) is 5.02 Å². The number of benzene rings is 2. The molecular formula is C24H29ClN2O3. The summed E-state index contributed by atoms with van der Waals surface area (Å²) in [5.41, 5.74) is 1.77. The Morgan fingerprint density at radius 1 is 1.13 bits per heavy atom. The summed E-state index contributed by atoms with van der Waals surface area (Å²) in [6, 6.07) is 14.4. The number of amides is 2. The minimum absolute atomic E-state index is 0.103. The first kappa shape index (κ1) is 22.2. The van der Waals surface area contributed by atoms with Crippen LogP contribution in [0.5, 0.6) is 5.75 Å². The predicted molar refractivity (Wildman–Crippen MR) is 119 cm³/mol. The number of methoxy groups -OCH3 is 1. The van der Waals surface area contributed by atoms with Gasteiger partial charge in [0.1, 0.15) is 11.8 Å². The van der Waals surface area contributed by atoms with E-state index in [-0.39, 0.29) is 24.3 Å². The summed E-state index contributed by atoms with van der Waals surface area (Å²) in [7, 11) is 1.61. The summed E-state index contributed by atoms with van der Waals surface area (Å²) >= 11 is 6.13. The monoisotopic (exact) mass is 428 g/mol. The third-order valence-corrected chi connectivity index (χ3v) is 5.86. The molecule has 0 bridgehead atoms. The van der Waals surface area contributed by atoms with E-state index in [2.05, 4.69) is 5.32 Å². The Kier molecular flexibility index (Phi) is 7.75. The molecule has 160 valence electrons. The summed E-state index contributed by atoms with van der Waals surface area (Å²) in [5, 5.41) is 3.72. The van der Waals surface area contributed by atoms with Crippen LogP contribution >= 0.6 is 11.6 Å². The second kappa shape index (κ2) is 10.5. The van der Waals surface area contributed by atoms with E-state index < -0.39 is 6.04 Å². The van der Waals surface area contributed by atoms with Gasteiger partial charge in [-0.1, -0.05) is 48.7 Å². The molecule has 1 saturated carbocycles. The lowest BCUT2D eigenvalue weighted by Crippen LogP contribution is -2.50. The van der Waals surface area contributed by atoms with Crippen LogP contribution in [-0.2, 0) is 22.6 Å². The number of halogens is 1. The van der Waals surface area contributed by atoms with E-state index in [0.29, 0.717) is 11.6 Å². The Morgan fingerprint density at radius 2 is 1.83 bits per heavy atom. The molecule has 0 spiro atoms. The van der Waals surface area contributed by atoms with Gasteiger partial charge in [0.05, 0.1) is 13.5 Å². The molecule has 1 aliphatic rings. The van der Waals surface area contributed by atoms with Gasteiger partial charge in [-0.05, 0) is 55.2 Å². The highest BCUT2D eigenvalue weighted by Crippen LogP contribution is 2.20. The maximum absolute atomic E-state index is 13.2. The molecule has 0 radical (unpaired) electrons. The average molecular weight is 429 g/mol. The summed E-state index contributed by atoms with van der Waals surface area (Å²) in [4.78, 5) is 27.8. The molecule has 0 heterocycles. The Hall–Kier alpha value is -2.53. The average Bonchev–Trinajstić information content (AvgIpc) is 3.25. The fourth-order valence-corrected chi connectivity index (χ4v) is 4.04. The minimum Gasteiger partial charge on any atom is -0.497 e. The predicted octanol–water partition coefficient (Wildman–Crippen LogP) is 4.37. The first-order valence-electron chi connectivity index (χ1n) is 10.4. The zero-order valence-corrected chi connectivity index (χ0v) is 18.3. The van der Waals surface area contributed by atoms with Gasteiger partial charge in [0.15, 0.2) is 0 Å². The molecule has 5 nitrogen and oxygen atoms in total. The van der Waals surface area contributed by atoms with Crippen molar-refractivity contribution in [3.8, 4) is 5.75 Å². The highest BCUT2D eigenvalue weighted by atomic mass is 35.5. The summed E-state index contributed by atoms with van der Waals surface area (Å²) in [6.07, 6.45) is 4.51. The summed E-state index contributed by atoms with van der Waals surface area (Å²) < 4.78 is 5.18. The van der Waals surface area contributed by atoms with Gasteiger partial charge < -0.3 is 15.0 Å². The topological polar surface area (TPSA) is 58.6 Å². The fraction of sp³-hybridized carbons (Fsp3) is 0.417. The smallest absolute Gasteiger partial charge is 0.242 e. The van der Waals surface area contributed by atoms with Gasteiger partial charge in [-0.25, -0.2) is 0 Å². The molecule has 1 fully saturated rings. The lowest BCUT2D eigenvalue weighted by molar-refractivity contribution is -0.140. The van der Waals surface area contributed by atoms with Gasteiger partial charge in [0, 0.05) is 17.6 Å². The van der Waals surface area contributed by atoms with Crippen molar-refractivity contribution < 1.29 is 14.3 Å². The van der Waals surface area contributed by atoms with Crippen molar-refractivity contribution in [1.82, 2.24) is 10.2 Å². The Morgan fingerprint density at radius 3 is 2.47 bits per heavy atom. The second-order valence-corrected chi connectivity index (χ2v) is 8.28. The molecule has 1 atom stereocenters. The molecule has 6 heteroatoms. The van der Waals surface area contributed by atoms with Crippen molar-refractivity contribution in [2.45, 2.75) is 57.7 Å². The van der Waals surface area contributed by atoms with Crippen LogP contribution in [0.4, 0.5) is 0 Å². The van der Waals surface area contributed by atoms with Crippen LogP contribution in [0.15, 0.2) is 48.5 Å². The lowest BCUT2D eigenvalue weighted by atomic mass is 10.1. The standard InChI is InChI=1S/C24H29ClN2O3/c1-17(24(29)26-21-8-3-4-9-21)27(16-19-6-5-7-20(25)14-19)23(28)15-18-10-12-22(30-2)13-11-18/h5-7,10-14,17,21H,3-4,8-9,15-16H2,1-2H3,(H,26,29)/t17-/m0/s1. The van der Waals surface area contributed by atoms with Gasteiger partial charge in [-0.3, -0.25) is 9.59 Å². The largest absolute Gasteiger partial charge is 0.497 e. The number of carbonyl (C=O) groups is 2. The van der Waals surface area contributed by atoms with Crippen molar-refractivity contribution in [2.75, 3.05) is 7.11 Å². The van der Waals surface area contributed by atoms with Crippen molar-refractivity contribution in [3.05, 3.63) is 64.7 Å². The molecular weight excluding hydrogens is 400 g/mol. The van der Waals surface area contributed by atoms with Crippen LogP contribution in [0.25, 0.3) is 0 Å². The van der Waals surface area contributed by atoms with Crippen LogP contribution in [-0.4, -0.2) is 35.9 Å². The molecule has 0 aliphatic heterocycles. The van der Waals surface area contributed by atoms with Gasteiger partial charge in [0.2, 0.25) is 11.8 Å². The third-order valence-electron chi connectivity index (χ3n) is 5.63. The quantitative estimate of drug-likeness (QED) is 0.679. The van der Waals surface area contributed by atoms with E-state index in [1.807, 2.05) is 42.5 Å². The first-order chi connectivity index (χ1) is 14.5. The van der Waals surface area contributed by atoms with E-state index in [0.717, 1.165) is 42.6 Å². The van der Waals surface area contributed by atoms with Crippen LogP contribution in [0.3, 0.4) is 0 Å². The molecule has 2 amide bonds. The molecule has 1 aliphatic carbocycles. The molecule has 0 aromatic heterocycles. The number of nitrogens with zero attached hydrogens (tertiary/aromatic N) is 1. The van der Waals surface area contributed by atoms with E-state index in [4.69, 9.17) is 16.3 Å². The zero-order chi connectivity index (χ0) is 21.5. The summed E-state index contributed by atoms with van der Waals surface area (Å²) in [5.74, 6) is 0.535. The number of hydrogen-bond acceptors (Lipinski definition) is 3. The first-order valence-corrected chi connectivity index (χ1v) is 10.8. The van der Waals surface area contributed by atoms with Gasteiger partial charge in [-0.2, -0.15) is 0 Å². The Bertz CT molecular complexity index is 863. The second-order valence-electron chi connectivity index (χ2n) is 7.84. The Balaban J connectivity index is 1.75. The normalized spacial score (nSPS) is 14.9. The molecule has 0 saturated heterocycles. The highest BCUT2D eigenvalue weighted by Gasteiger charge is 2.28. The number of hydrogen-bond donors (Lipinski definition) is 1. The van der Waals surface area contributed by atoms with Crippen LogP contribution in [0.1, 0.15) is 43.7 Å². The number of nitrogens with one attached hydrogen (secondary N) is 1. The van der Waals surface area contributed by atoms with Gasteiger partial charge in [-0.15, -0.1) is 0 Å². The zero-order valence-electron chi connectivity index (χ0n) is 17.6. The van der Waals surface area contributed by atoms with Gasteiger partial charge in [0.25, 0.3) is 0 Å². The van der Waals surface area contributed by atoms with Crippen molar-refractivity contribution >= 4 is 23.4 Å². The maximum Gasteiger partial charge on any atom is 0.242 e. The SMILES string of the molecule is COc1ccc(CC(=O)N(Cc2cccc(Cl)c2)[C@@H](C)C(=O)NC2CCCC2)cc1. The van der Waals surface area contributed by atoms with Crippen molar-refractivity contribution in [1.29, 1.82) is 0 Å². The lowest BCUT2D eigenvalue weighted by Gasteiger charge is -2.30. The number of ether oxygens (including phenoxy) is 1. The van der Waals surface area contributed by atoms with E-state index >= 15 is 0 Å².